The third-order valence-corrected chi connectivity index (χ3v) is 3.99. The molecule has 1 aliphatic heterocycles. The molecule has 1 saturated heterocycles. The van der Waals surface area contributed by atoms with Crippen molar-refractivity contribution in [1.82, 2.24) is 14.9 Å². The number of aromatic nitrogens is 2. The van der Waals surface area contributed by atoms with Gasteiger partial charge >= 0.3 is 0 Å². The molecule has 0 spiro atoms. The highest BCUT2D eigenvalue weighted by Gasteiger charge is 2.35. The monoisotopic (exact) mass is 328 g/mol. The molecular formula is C17H20N4O3. The van der Waals surface area contributed by atoms with Gasteiger partial charge in [-0.05, 0) is 6.92 Å². The van der Waals surface area contributed by atoms with Crippen LogP contribution < -0.4 is 5.73 Å². The molecule has 1 aromatic heterocycles. The lowest BCUT2D eigenvalue weighted by molar-refractivity contribution is -0.00237. The number of β-amino-alcohol motifs (C(OH)–C–C–N with tert-alkyl or cyclic N) is 1. The Balaban J connectivity index is 1.91. The molecule has 2 atom stereocenters. The molecule has 3 N–H and O–H groups in total. The van der Waals surface area contributed by atoms with Gasteiger partial charge in [0.25, 0.3) is 5.91 Å². The third kappa shape index (κ3) is 3.22. The topological polar surface area (TPSA) is 102 Å². The lowest BCUT2D eigenvalue weighted by Gasteiger charge is -2.17. The van der Waals surface area contributed by atoms with E-state index in [0.717, 1.165) is 5.56 Å². The Hall–Kier alpha value is -2.51. The summed E-state index contributed by atoms with van der Waals surface area (Å²) < 4.78 is 5.47. The van der Waals surface area contributed by atoms with Gasteiger partial charge in [-0.2, -0.15) is 0 Å². The quantitative estimate of drug-likeness (QED) is 0.866. The van der Waals surface area contributed by atoms with Gasteiger partial charge in [0.1, 0.15) is 6.10 Å². The van der Waals surface area contributed by atoms with E-state index < -0.39 is 6.10 Å². The molecule has 1 aliphatic rings. The number of carbonyl (C=O) groups excluding carboxylic acids is 1. The first-order valence-corrected chi connectivity index (χ1v) is 7.87. The average Bonchev–Trinajstić information content (AvgIpc) is 2.96. The number of nitrogens with zero attached hydrogens (tertiary/aromatic N) is 3. The number of rotatable bonds is 4. The SMILES string of the molecule is CCO[C@H]1CN(C(=O)c2cnc(N)nc2-c2ccccc2)C[C@@H]1O. The second kappa shape index (κ2) is 6.94. The Labute approximate surface area is 140 Å². The Kier molecular flexibility index (Phi) is 4.73. The summed E-state index contributed by atoms with van der Waals surface area (Å²) in [6.45, 7) is 2.91. The van der Waals surface area contributed by atoms with Crippen LogP contribution in [0.3, 0.4) is 0 Å². The number of amides is 1. The highest BCUT2D eigenvalue weighted by atomic mass is 16.5. The van der Waals surface area contributed by atoms with Crippen LogP contribution in [0, 0.1) is 0 Å². The summed E-state index contributed by atoms with van der Waals surface area (Å²) in [6, 6.07) is 9.35. The molecule has 1 aromatic carbocycles. The molecule has 126 valence electrons. The molecule has 3 rings (SSSR count). The van der Waals surface area contributed by atoms with Gasteiger partial charge in [-0.25, -0.2) is 9.97 Å². The molecule has 7 nitrogen and oxygen atoms in total. The fraction of sp³-hybridized carbons (Fsp3) is 0.353. The van der Waals surface area contributed by atoms with Crippen molar-refractivity contribution in [2.45, 2.75) is 19.1 Å². The highest BCUT2D eigenvalue weighted by molar-refractivity contribution is 6.00. The number of carbonyl (C=O) groups is 1. The van der Waals surface area contributed by atoms with E-state index in [0.29, 0.717) is 24.4 Å². The average molecular weight is 328 g/mol. The molecule has 1 fully saturated rings. The molecule has 0 unspecified atom stereocenters. The number of anilines is 1. The fourth-order valence-corrected chi connectivity index (χ4v) is 2.84. The Morgan fingerprint density at radius 2 is 2.12 bits per heavy atom. The van der Waals surface area contributed by atoms with Gasteiger partial charge in [0.05, 0.1) is 17.4 Å². The van der Waals surface area contributed by atoms with Gasteiger partial charge in [-0.1, -0.05) is 30.3 Å². The molecule has 7 heteroatoms. The minimum absolute atomic E-state index is 0.110. The third-order valence-electron chi connectivity index (χ3n) is 3.99. The Morgan fingerprint density at radius 1 is 1.38 bits per heavy atom. The molecule has 1 amide bonds. The van der Waals surface area contributed by atoms with Crippen molar-refractivity contribution >= 4 is 11.9 Å². The number of ether oxygens (including phenoxy) is 1. The molecule has 0 radical (unpaired) electrons. The van der Waals surface area contributed by atoms with Crippen LogP contribution in [0.25, 0.3) is 11.3 Å². The van der Waals surface area contributed by atoms with Gasteiger partial charge in [0.15, 0.2) is 0 Å². The van der Waals surface area contributed by atoms with E-state index >= 15 is 0 Å². The zero-order chi connectivity index (χ0) is 17.1. The maximum atomic E-state index is 12.9. The number of hydrogen-bond acceptors (Lipinski definition) is 6. The smallest absolute Gasteiger partial charge is 0.257 e. The second-order valence-electron chi connectivity index (χ2n) is 5.63. The van der Waals surface area contributed by atoms with Gasteiger partial charge < -0.3 is 20.5 Å². The second-order valence-corrected chi connectivity index (χ2v) is 5.63. The molecule has 24 heavy (non-hydrogen) atoms. The normalized spacial score (nSPS) is 20.3. The van der Waals surface area contributed by atoms with Crippen molar-refractivity contribution in [3.8, 4) is 11.3 Å². The number of likely N-dealkylation sites (tertiary alicyclic amines) is 1. The predicted molar refractivity (Wildman–Crippen MR) is 89.2 cm³/mol. The van der Waals surface area contributed by atoms with Gasteiger partial charge in [0, 0.05) is 31.5 Å². The van der Waals surface area contributed by atoms with Crippen molar-refractivity contribution in [2.75, 3.05) is 25.4 Å². The molecule has 0 aliphatic carbocycles. The van der Waals surface area contributed by atoms with Crippen molar-refractivity contribution < 1.29 is 14.6 Å². The lowest BCUT2D eigenvalue weighted by atomic mass is 10.1. The number of nitrogens with two attached hydrogens (primary N) is 1. The van der Waals surface area contributed by atoms with Crippen molar-refractivity contribution in [2.24, 2.45) is 0 Å². The molecule has 0 saturated carbocycles. The zero-order valence-corrected chi connectivity index (χ0v) is 13.4. The summed E-state index contributed by atoms with van der Waals surface area (Å²) in [5, 5.41) is 10.0. The maximum Gasteiger partial charge on any atom is 0.257 e. The first-order chi connectivity index (χ1) is 11.6. The van der Waals surface area contributed by atoms with E-state index in [1.165, 1.54) is 6.20 Å². The lowest BCUT2D eigenvalue weighted by Crippen LogP contribution is -2.31. The van der Waals surface area contributed by atoms with Crippen molar-refractivity contribution in [3.05, 3.63) is 42.1 Å². The van der Waals surface area contributed by atoms with E-state index in [-0.39, 0.29) is 24.5 Å². The van der Waals surface area contributed by atoms with Crippen LogP contribution >= 0.6 is 0 Å². The summed E-state index contributed by atoms with van der Waals surface area (Å²) in [6.07, 6.45) is 0.380. The Bertz CT molecular complexity index is 723. The number of aliphatic hydroxyl groups excluding tert-OH is 1. The van der Waals surface area contributed by atoms with Crippen LogP contribution in [0.1, 0.15) is 17.3 Å². The van der Waals surface area contributed by atoms with Crippen LogP contribution in [0.5, 0.6) is 0 Å². The van der Waals surface area contributed by atoms with E-state index in [4.69, 9.17) is 10.5 Å². The van der Waals surface area contributed by atoms with E-state index in [1.807, 2.05) is 37.3 Å². The number of nitrogen functional groups attached to an aromatic ring is 1. The van der Waals surface area contributed by atoms with Gasteiger partial charge in [-0.3, -0.25) is 4.79 Å². The Morgan fingerprint density at radius 3 is 2.83 bits per heavy atom. The largest absolute Gasteiger partial charge is 0.388 e. The number of aliphatic hydroxyl groups is 1. The summed E-state index contributed by atoms with van der Waals surface area (Å²) in [5.74, 6) is -0.130. The minimum Gasteiger partial charge on any atom is -0.388 e. The zero-order valence-electron chi connectivity index (χ0n) is 13.4. The fourth-order valence-electron chi connectivity index (χ4n) is 2.84. The van der Waals surface area contributed by atoms with E-state index in [1.54, 1.807) is 4.90 Å². The van der Waals surface area contributed by atoms with Crippen LogP contribution in [-0.2, 0) is 4.74 Å². The first-order valence-electron chi connectivity index (χ1n) is 7.87. The minimum atomic E-state index is -0.691. The predicted octanol–water partition coefficient (Wildman–Crippen LogP) is 0.948. The summed E-state index contributed by atoms with van der Waals surface area (Å²) in [5.41, 5.74) is 7.33. The molecule has 0 bridgehead atoms. The molecule has 2 aromatic rings. The number of hydrogen-bond donors (Lipinski definition) is 2. The van der Waals surface area contributed by atoms with Crippen molar-refractivity contribution in [1.29, 1.82) is 0 Å². The molecular weight excluding hydrogens is 308 g/mol. The van der Waals surface area contributed by atoms with Crippen LogP contribution in [0.4, 0.5) is 5.95 Å². The summed E-state index contributed by atoms with van der Waals surface area (Å²) >= 11 is 0. The van der Waals surface area contributed by atoms with Crippen LogP contribution in [0.2, 0.25) is 0 Å². The summed E-state index contributed by atoms with van der Waals surface area (Å²) in [7, 11) is 0. The molecule has 2 heterocycles. The van der Waals surface area contributed by atoms with Crippen LogP contribution in [-0.4, -0.2) is 57.8 Å². The standard InChI is InChI=1S/C17H20N4O3/c1-2-24-14-10-21(9-13(14)22)16(23)12-8-19-17(18)20-15(12)11-6-4-3-5-7-11/h3-8,13-14,22H,2,9-10H2,1H3,(H2,18,19,20)/t13-,14-/m0/s1. The van der Waals surface area contributed by atoms with Gasteiger partial charge in [-0.15, -0.1) is 0 Å². The highest BCUT2D eigenvalue weighted by Crippen LogP contribution is 2.25. The number of benzene rings is 1. The van der Waals surface area contributed by atoms with Crippen LogP contribution in [0.15, 0.2) is 36.5 Å². The summed E-state index contributed by atoms with van der Waals surface area (Å²) in [4.78, 5) is 22.6. The maximum absolute atomic E-state index is 12.9. The van der Waals surface area contributed by atoms with Crippen molar-refractivity contribution in [3.63, 3.8) is 0 Å². The van der Waals surface area contributed by atoms with Gasteiger partial charge in [0.2, 0.25) is 5.95 Å². The first kappa shape index (κ1) is 16.4. The van der Waals surface area contributed by atoms with E-state index in [2.05, 4.69) is 9.97 Å². The van der Waals surface area contributed by atoms with E-state index in [9.17, 15) is 9.90 Å².